The number of rotatable bonds is 4. The van der Waals surface area contributed by atoms with E-state index in [0.717, 1.165) is 29.8 Å². The lowest BCUT2D eigenvalue weighted by molar-refractivity contribution is 0.374. The summed E-state index contributed by atoms with van der Waals surface area (Å²) in [4.78, 5) is 0. The molecular formula is C15H22ClNO2. The van der Waals surface area contributed by atoms with Gasteiger partial charge in [-0.15, -0.1) is 0 Å². The number of hydrogen-bond acceptors (Lipinski definition) is 3. The molecule has 0 aromatic heterocycles. The second-order valence-electron chi connectivity index (χ2n) is 5.08. The molecule has 1 heterocycles. The van der Waals surface area contributed by atoms with Gasteiger partial charge in [0.05, 0.1) is 14.2 Å². The van der Waals surface area contributed by atoms with E-state index in [-0.39, 0.29) is 0 Å². The Hall–Kier alpha value is -0.930. The summed E-state index contributed by atoms with van der Waals surface area (Å²) in [5, 5.41) is 4.14. The first kappa shape index (κ1) is 14.5. The van der Waals surface area contributed by atoms with E-state index in [1.54, 1.807) is 14.2 Å². The molecule has 1 aliphatic heterocycles. The summed E-state index contributed by atoms with van der Waals surface area (Å²) in [7, 11) is 3.30. The molecule has 1 aromatic rings. The van der Waals surface area contributed by atoms with Crippen LogP contribution in [-0.2, 0) is 6.42 Å². The Labute approximate surface area is 120 Å². The van der Waals surface area contributed by atoms with Crippen molar-refractivity contribution in [1.29, 1.82) is 0 Å². The third-order valence-corrected chi connectivity index (χ3v) is 4.07. The smallest absolute Gasteiger partial charge is 0.144 e. The van der Waals surface area contributed by atoms with Crippen molar-refractivity contribution in [3.8, 4) is 11.5 Å². The molecule has 0 spiro atoms. The summed E-state index contributed by atoms with van der Waals surface area (Å²) in [6.45, 7) is 3.12. The number of ether oxygens (including phenoxy) is 2. The zero-order valence-corrected chi connectivity index (χ0v) is 12.6. The molecule has 1 fully saturated rings. The van der Waals surface area contributed by atoms with E-state index in [1.807, 2.05) is 6.92 Å². The summed E-state index contributed by atoms with van der Waals surface area (Å²) in [6.07, 6.45) is 4.73. The van der Waals surface area contributed by atoms with Gasteiger partial charge < -0.3 is 14.8 Å². The fourth-order valence-corrected chi connectivity index (χ4v) is 3.22. The summed E-state index contributed by atoms with van der Waals surface area (Å²) in [6, 6.07) is 2.64. The predicted molar refractivity (Wildman–Crippen MR) is 78.6 cm³/mol. The van der Waals surface area contributed by atoms with E-state index in [2.05, 4.69) is 11.4 Å². The van der Waals surface area contributed by atoms with Gasteiger partial charge in [-0.2, -0.15) is 0 Å². The van der Waals surface area contributed by atoms with Gasteiger partial charge in [-0.25, -0.2) is 0 Å². The zero-order chi connectivity index (χ0) is 13.8. The molecule has 3 nitrogen and oxygen atoms in total. The minimum atomic E-state index is 0.520. The molecule has 1 unspecified atom stereocenters. The third-order valence-electron chi connectivity index (χ3n) is 3.73. The number of nitrogens with one attached hydrogen (secondary N) is 1. The van der Waals surface area contributed by atoms with Crippen LogP contribution in [0.5, 0.6) is 11.5 Å². The average Bonchev–Trinajstić information content (AvgIpc) is 2.40. The van der Waals surface area contributed by atoms with Crippen LogP contribution in [0.2, 0.25) is 5.02 Å². The monoisotopic (exact) mass is 283 g/mol. The van der Waals surface area contributed by atoms with Crippen molar-refractivity contribution in [2.45, 2.75) is 38.6 Å². The number of hydrogen-bond donors (Lipinski definition) is 1. The van der Waals surface area contributed by atoms with E-state index in [9.17, 15) is 0 Å². The summed E-state index contributed by atoms with van der Waals surface area (Å²) in [5.41, 5.74) is 2.21. The summed E-state index contributed by atoms with van der Waals surface area (Å²) in [5.74, 6) is 1.45. The van der Waals surface area contributed by atoms with Crippen molar-refractivity contribution in [1.82, 2.24) is 5.32 Å². The van der Waals surface area contributed by atoms with Crippen LogP contribution in [0.3, 0.4) is 0 Å². The molecule has 0 amide bonds. The topological polar surface area (TPSA) is 30.5 Å². The zero-order valence-electron chi connectivity index (χ0n) is 11.9. The number of piperidine rings is 1. The highest BCUT2D eigenvalue weighted by Crippen LogP contribution is 2.40. The van der Waals surface area contributed by atoms with Gasteiger partial charge in [0.2, 0.25) is 0 Å². The molecule has 1 saturated heterocycles. The molecule has 4 heteroatoms. The second-order valence-corrected chi connectivity index (χ2v) is 5.46. The van der Waals surface area contributed by atoms with Gasteiger partial charge in [0.1, 0.15) is 16.5 Å². The fraction of sp³-hybridized carbons (Fsp3) is 0.600. The van der Waals surface area contributed by atoms with Crippen molar-refractivity contribution in [3.05, 3.63) is 22.2 Å². The van der Waals surface area contributed by atoms with Crippen LogP contribution in [0, 0.1) is 6.92 Å². The summed E-state index contributed by atoms with van der Waals surface area (Å²) >= 11 is 6.37. The molecule has 1 atom stereocenters. The Balaban J connectivity index is 2.28. The molecule has 0 aliphatic carbocycles. The minimum Gasteiger partial charge on any atom is -0.495 e. The first-order valence-corrected chi connectivity index (χ1v) is 7.18. The Morgan fingerprint density at radius 2 is 2.00 bits per heavy atom. The van der Waals surface area contributed by atoms with Crippen molar-refractivity contribution in [2.75, 3.05) is 20.8 Å². The highest BCUT2D eigenvalue weighted by molar-refractivity contribution is 6.33. The van der Waals surface area contributed by atoms with Crippen LogP contribution in [0.15, 0.2) is 6.07 Å². The predicted octanol–water partition coefficient (Wildman–Crippen LogP) is 3.35. The van der Waals surface area contributed by atoms with Gasteiger partial charge in [0, 0.05) is 6.04 Å². The molecule has 1 aromatic carbocycles. The van der Waals surface area contributed by atoms with Crippen LogP contribution in [0.4, 0.5) is 0 Å². The van der Waals surface area contributed by atoms with Crippen LogP contribution in [0.25, 0.3) is 0 Å². The van der Waals surface area contributed by atoms with Crippen LogP contribution in [-0.4, -0.2) is 26.8 Å². The molecule has 1 aliphatic rings. The van der Waals surface area contributed by atoms with Gasteiger partial charge in [-0.1, -0.05) is 18.0 Å². The van der Waals surface area contributed by atoms with Gasteiger partial charge in [-0.05, 0) is 49.9 Å². The van der Waals surface area contributed by atoms with Crippen molar-refractivity contribution < 1.29 is 9.47 Å². The molecule has 2 rings (SSSR count). The number of halogens is 1. The molecule has 0 radical (unpaired) electrons. The average molecular weight is 284 g/mol. The largest absolute Gasteiger partial charge is 0.495 e. The van der Waals surface area contributed by atoms with E-state index >= 15 is 0 Å². The molecule has 0 saturated carbocycles. The Morgan fingerprint density at radius 3 is 2.58 bits per heavy atom. The van der Waals surface area contributed by atoms with Crippen LogP contribution in [0.1, 0.15) is 30.4 Å². The van der Waals surface area contributed by atoms with Gasteiger partial charge in [0.15, 0.2) is 0 Å². The maximum absolute atomic E-state index is 6.37. The number of methoxy groups -OCH3 is 2. The maximum atomic E-state index is 6.37. The van der Waals surface area contributed by atoms with E-state index in [1.165, 1.54) is 19.3 Å². The maximum Gasteiger partial charge on any atom is 0.144 e. The van der Waals surface area contributed by atoms with Gasteiger partial charge >= 0.3 is 0 Å². The van der Waals surface area contributed by atoms with Crippen LogP contribution < -0.4 is 14.8 Å². The van der Waals surface area contributed by atoms with Crippen molar-refractivity contribution in [2.24, 2.45) is 0 Å². The molecule has 19 heavy (non-hydrogen) atoms. The fourth-order valence-electron chi connectivity index (χ4n) is 2.80. The first-order chi connectivity index (χ1) is 9.17. The summed E-state index contributed by atoms with van der Waals surface area (Å²) < 4.78 is 10.8. The molecule has 1 N–H and O–H groups in total. The number of benzene rings is 1. The van der Waals surface area contributed by atoms with E-state index in [0.29, 0.717) is 16.8 Å². The normalized spacial score (nSPS) is 19.3. The highest BCUT2D eigenvalue weighted by Gasteiger charge is 2.20. The van der Waals surface area contributed by atoms with Crippen molar-refractivity contribution in [3.63, 3.8) is 0 Å². The van der Waals surface area contributed by atoms with E-state index in [4.69, 9.17) is 21.1 Å². The Kier molecular flexibility index (Phi) is 4.94. The van der Waals surface area contributed by atoms with Crippen molar-refractivity contribution >= 4 is 11.6 Å². The lowest BCUT2D eigenvalue weighted by Crippen LogP contribution is -2.35. The highest BCUT2D eigenvalue weighted by atomic mass is 35.5. The molecule has 106 valence electrons. The standard InChI is InChI=1S/C15H22ClNO2/c1-10-8-11(9-12-6-4-5-7-17-12)15(19-3)13(16)14(10)18-2/h8,12,17H,4-7,9H2,1-3H3. The minimum absolute atomic E-state index is 0.520. The number of aryl methyl sites for hydroxylation is 1. The molecule has 0 bridgehead atoms. The quantitative estimate of drug-likeness (QED) is 0.919. The van der Waals surface area contributed by atoms with Gasteiger partial charge in [-0.3, -0.25) is 0 Å². The Morgan fingerprint density at radius 1 is 1.26 bits per heavy atom. The third kappa shape index (κ3) is 3.15. The van der Waals surface area contributed by atoms with Gasteiger partial charge in [0.25, 0.3) is 0 Å². The van der Waals surface area contributed by atoms with E-state index < -0.39 is 0 Å². The molecular weight excluding hydrogens is 262 g/mol. The Bertz CT molecular complexity index is 442. The van der Waals surface area contributed by atoms with Crippen LogP contribution >= 0.6 is 11.6 Å². The SMILES string of the molecule is COc1c(C)cc(CC2CCCCN2)c(OC)c1Cl. The first-order valence-electron chi connectivity index (χ1n) is 6.80. The second kappa shape index (κ2) is 6.49. The lowest BCUT2D eigenvalue weighted by Gasteiger charge is -2.25. The lowest BCUT2D eigenvalue weighted by atomic mass is 9.96.